The third-order valence-electron chi connectivity index (χ3n) is 5.21. The number of rotatable bonds is 4. The third kappa shape index (κ3) is 2.50. The average Bonchev–Trinajstić information content (AvgIpc) is 2.73. The van der Waals surface area contributed by atoms with E-state index in [2.05, 4.69) is 15.0 Å². The first kappa shape index (κ1) is 15.2. The minimum Gasteiger partial charge on any atom is -0.465 e. The number of aromatic nitrogens is 1. The molecule has 1 amide bonds. The molecule has 0 spiro atoms. The summed E-state index contributed by atoms with van der Waals surface area (Å²) >= 11 is 1.48. The Hall–Kier alpha value is -1.35. The number of alkyl halides is 3. The number of halogens is 3. The average molecular weight is 348 g/mol. The van der Waals surface area contributed by atoms with Crippen molar-refractivity contribution in [2.75, 3.05) is 0 Å². The van der Waals surface area contributed by atoms with Crippen molar-refractivity contribution >= 4 is 17.4 Å². The molecule has 0 radical (unpaired) electrons. The number of ether oxygens (including phenoxy) is 1. The number of nitrogens with zero attached hydrogens (tertiary/aromatic N) is 1. The van der Waals surface area contributed by atoms with Gasteiger partial charge < -0.3 is 10.4 Å². The highest BCUT2D eigenvalue weighted by Crippen LogP contribution is 2.67. The van der Waals surface area contributed by atoms with Crippen molar-refractivity contribution in [1.29, 1.82) is 0 Å². The number of hydrogen-bond donors (Lipinski definition) is 2. The minimum atomic E-state index is -4.57. The Labute approximate surface area is 133 Å². The lowest BCUT2D eigenvalue weighted by Crippen LogP contribution is -2.76. The fourth-order valence-corrected chi connectivity index (χ4v) is 5.26. The number of carbonyl (C=O) groups is 1. The first-order valence-corrected chi connectivity index (χ1v) is 8.28. The van der Waals surface area contributed by atoms with E-state index in [4.69, 9.17) is 5.11 Å². The summed E-state index contributed by atoms with van der Waals surface area (Å²) in [7, 11) is 0. The molecule has 1 aromatic rings. The first-order valence-electron chi connectivity index (χ1n) is 7.40. The summed E-state index contributed by atoms with van der Waals surface area (Å²) in [4.78, 5) is 15.3. The second kappa shape index (κ2) is 4.60. The monoisotopic (exact) mass is 348 g/mol. The molecular weight excluding hydrogens is 333 g/mol. The molecule has 5 rings (SSSR count). The fourth-order valence-electron chi connectivity index (χ4n) is 4.19. The lowest BCUT2D eigenvalue weighted by Gasteiger charge is -2.69. The van der Waals surface area contributed by atoms with E-state index in [0.29, 0.717) is 12.8 Å². The van der Waals surface area contributed by atoms with Gasteiger partial charge in [0, 0.05) is 22.3 Å². The normalized spacial score (nSPS) is 38.2. The van der Waals surface area contributed by atoms with E-state index in [9.17, 15) is 18.0 Å². The van der Waals surface area contributed by atoms with Gasteiger partial charge in [-0.3, -0.25) is 4.74 Å². The zero-order chi connectivity index (χ0) is 16.5. The summed E-state index contributed by atoms with van der Waals surface area (Å²) in [5.74, 6) is 0.0413. The summed E-state index contributed by atoms with van der Waals surface area (Å²) in [6, 6.07) is 0. The molecule has 1 heterocycles. The smallest absolute Gasteiger partial charge is 0.465 e. The van der Waals surface area contributed by atoms with Crippen LogP contribution in [-0.4, -0.2) is 34.2 Å². The molecule has 0 atom stereocenters. The van der Waals surface area contributed by atoms with Gasteiger partial charge in [-0.05, 0) is 32.1 Å². The van der Waals surface area contributed by atoms with E-state index < -0.39 is 18.6 Å². The molecule has 4 saturated carbocycles. The molecule has 126 valence electrons. The molecule has 1 aromatic heterocycles. The Morgan fingerprint density at radius 2 is 2.04 bits per heavy atom. The minimum absolute atomic E-state index is 0.0250. The fraction of sp³-hybridized carbons (Fsp3) is 0.714. The SMILES string of the molecule is O=C(O)NC12CC(c3csc([C@H]4C[C@@H](OC(F)(F)F)C4)n3)(C1)C2. The van der Waals surface area contributed by atoms with Gasteiger partial charge in [-0.15, -0.1) is 24.5 Å². The second-order valence-electron chi connectivity index (χ2n) is 6.95. The highest BCUT2D eigenvalue weighted by Gasteiger charge is 2.70. The van der Waals surface area contributed by atoms with Gasteiger partial charge in [-0.1, -0.05) is 0 Å². The van der Waals surface area contributed by atoms with Crippen molar-refractivity contribution in [1.82, 2.24) is 10.3 Å². The molecule has 0 saturated heterocycles. The third-order valence-corrected chi connectivity index (χ3v) is 6.22. The molecule has 5 nitrogen and oxygen atoms in total. The maximum absolute atomic E-state index is 12.1. The summed E-state index contributed by atoms with van der Waals surface area (Å²) in [5, 5.41) is 14.2. The van der Waals surface area contributed by atoms with Crippen LogP contribution in [0.2, 0.25) is 0 Å². The number of carboxylic acid groups (broad SMARTS) is 1. The second-order valence-corrected chi connectivity index (χ2v) is 7.84. The molecule has 2 bridgehead atoms. The maximum atomic E-state index is 12.1. The van der Waals surface area contributed by atoms with E-state index >= 15 is 0 Å². The van der Waals surface area contributed by atoms with Crippen LogP contribution in [0.5, 0.6) is 0 Å². The Bertz CT molecular complexity index is 634. The maximum Gasteiger partial charge on any atom is 0.522 e. The molecule has 4 aliphatic carbocycles. The first-order chi connectivity index (χ1) is 10.7. The van der Waals surface area contributed by atoms with Crippen molar-refractivity contribution in [3.05, 3.63) is 16.1 Å². The molecule has 2 N–H and O–H groups in total. The molecule has 23 heavy (non-hydrogen) atoms. The zero-order valence-corrected chi connectivity index (χ0v) is 12.8. The largest absolute Gasteiger partial charge is 0.522 e. The van der Waals surface area contributed by atoms with Crippen LogP contribution in [0.25, 0.3) is 0 Å². The summed E-state index contributed by atoms with van der Waals surface area (Å²) < 4.78 is 40.4. The van der Waals surface area contributed by atoms with Crippen LogP contribution in [0.4, 0.5) is 18.0 Å². The molecule has 9 heteroatoms. The Morgan fingerprint density at radius 3 is 2.61 bits per heavy atom. The predicted octanol–water partition coefficient (Wildman–Crippen LogP) is 3.37. The number of thiazole rings is 1. The van der Waals surface area contributed by atoms with Crippen LogP contribution in [0.3, 0.4) is 0 Å². The van der Waals surface area contributed by atoms with Gasteiger partial charge in [0.15, 0.2) is 0 Å². The Balaban J connectivity index is 1.33. The lowest BCUT2D eigenvalue weighted by molar-refractivity contribution is -0.351. The van der Waals surface area contributed by atoms with Crippen molar-refractivity contribution < 1.29 is 27.8 Å². The molecular formula is C14H15F3N2O3S. The highest BCUT2D eigenvalue weighted by atomic mass is 32.1. The lowest BCUT2D eigenvalue weighted by atomic mass is 9.38. The van der Waals surface area contributed by atoms with Gasteiger partial charge in [-0.25, -0.2) is 9.78 Å². The van der Waals surface area contributed by atoms with Crippen molar-refractivity contribution in [2.24, 2.45) is 0 Å². The summed E-state index contributed by atoms with van der Waals surface area (Å²) in [6.07, 6.45) is -3.33. The van der Waals surface area contributed by atoms with Crippen LogP contribution in [0.15, 0.2) is 5.38 Å². The summed E-state index contributed by atoms with van der Waals surface area (Å²) in [6.45, 7) is 0. The van der Waals surface area contributed by atoms with E-state index in [1.807, 2.05) is 5.38 Å². The standard InChI is InChI=1S/C14H15F3N2O3S/c15-14(16,17)22-8-1-7(2-8)10-18-9(3-23-10)12-4-13(5-12,6-12)19-11(20)21/h3,7-8,19H,1-2,4-6H2,(H,20,21)/t7-,8+,12?,13?. The van der Waals surface area contributed by atoms with Crippen molar-refractivity contribution in [3.8, 4) is 0 Å². The van der Waals surface area contributed by atoms with Crippen LogP contribution in [0.1, 0.15) is 48.7 Å². The van der Waals surface area contributed by atoms with Gasteiger partial charge in [0.2, 0.25) is 0 Å². The van der Waals surface area contributed by atoms with Crippen LogP contribution < -0.4 is 5.32 Å². The topological polar surface area (TPSA) is 71.5 Å². The van der Waals surface area contributed by atoms with Crippen molar-refractivity contribution in [3.63, 3.8) is 0 Å². The molecule has 4 fully saturated rings. The highest BCUT2D eigenvalue weighted by molar-refractivity contribution is 7.09. The van der Waals surface area contributed by atoms with E-state index in [1.54, 1.807) is 0 Å². The van der Waals surface area contributed by atoms with Gasteiger partial charge >= 0.3 is 12.5 Å². The molecule has 0 aliphatic heterocycles. The number of hydrogen-bond acceptors (Lipinski definition) is 4. The van der Waals surface area contributed by atoms with E-state index in [1.165, 1.54) is 11.3 Å². The van der Waals surface area contributed by atoms with E-state index in [-0.39, 0.29) is 16.9 Å². The molecule has 0 aromatic carbocycles. The van der Waals surface area contributed by atoms with E-state index in [0.717, 1.165) is 30.0 Å². The zero-order valence-electron chi connectivity index (χ0n) is 12.0. The Morgan fingerprint density at radius 1 is 1.39 bits per heavy atom. The quantitative estimate of drug-likeness (QED) is 0.875. The number of nitrogens with one attached hydrogen (secondary N) is 1. The molecule has 4 aliphatic rings. The van der Waals surface area contributed by atoms with Crippen LogP contribution >= 0.6 is 11.3 Å². The Kier molecular flexibility index (Phi) is 3.04. The number of amides is 1. The van der Waals surface area contributed by atoms with Crippen LogP contribution in [-0.2, 0) is 10.2 Å². The summed E-state index contributed by atoms with van der Waals surface area (Å²) in [5.41, 5.74) is 0.660. The molecule has 0 unspecified atom stereocenters. The van der Waals surface area contributed by atoms with Gasteiger partial charge in [0.25, 0.3) is 0 Å². The van der Waals surface area contributed by atoms with Gasteiger partial charge in [0.05, 0.1) is 16.8 Å². The van der Waals surface area contributed by atoms with Gasteiger partial charge in [0.1, 0.15) is 0 Å². The predicted molar refractivity (Wildman–Crippen MR) is 74.4 cm³/mol. The van der Waals surface area contributed by atoms with Crippen molar-refractivity contribution in [2.45, 2.75) is 61.4 Å². The van der Waals surface area contributed by atoms with Crippen LogP contribution in [0, 0.1) is 0 Å². The van der Waals surface area contributed by atoms with Gasteiger partial charge in [-0.2, -0.15) is 0 Å².